The van der Waals surface area contributed by atoms with Crippen LogP contribution in [0.3, 0.4) is 0 Å². The van der Waals surface area contributed by atoms with Crippen LogP contribution in [0.4, 0.5) is 13.2 Å². The van der Waals surface area contributed by atoms with Crippen molar-refractivity contribution in [1.29, 1.82) is 0 Å². The van der Waals surface area contributed by atoms with E-state index in [1.54, 1.807) is 12.1 Å². The van der Waals surface area contributed by atoms with Gasteiger partial charge in [0.1, 0.15) is 0 Å². The average molecular weight is 272 g/mol. The molecular formula is C14H15F3S. The van der Waals surface area contributed by atoms with Crippen LogP contribution >= 0.6 is 11.8 Å². The fraction of sp³-hybridized carbons (Fsp3) is 0.429. The molecule has 0 heterocycles. The summed E-state index contributed by atoms with van der Waals surface area (Å²) in [6.45, 7) is 4.23. The normalized spacial score (nSPS) is 24.2. The summed E-state index contributed by atoms with van der Waals surface area (Å²) < 4.78 is 36.7. The third-order valence-corrected chi connectivity index (χ3v) is 4.09. The number of hydrogen-bond acceptors (Lipinski definition) is 1. The molecule has 4 heteroatoms. The molecule has 1 aliphatic carbocycles. The van der Waals surface area contributed by atoms with E-state index in [-0.39, 0.29) is 22.1 Å². The van der Waals surface area contributed by atoms with Crippen molar-refractivity contribution in [3.63, 3.8) is 0 Å². The Hall–Kier alpha value is -0.900. The maximum absolute atomic E-state index is 12.2. The number of allylic oxidation sites excluding steroid dienone is 2. The van der Waals surface area contributed by atoms with Gasteiger partial charge in [-0.15, -0.1) is 0 Å². The van der Waals surface area contributed by atoms with Crippen LogP contribution in [0.15, 0.2) is 40.8 Å². The van der Waals surface area contributed by atoms with Crippen LogP contribution in [-0.2, 0) is 5.41 Å². The Labute approximate surface area is 109 Å². The van der Waals surface area contributed by atoms with Gasteiger partial charge in [0, 0.05) is 10.3 Å². The first kappa shape index (κ1) is 13.5. The first-order chi connectivity index (χ1) is 8.28. The van der Waals surface area contributed by atoms with Gasteiger partial charge in [0.25, 0.3) is 0 Å². The van der Waals surface area contributed by atoms with E-state index in [4.69, 9.17) is 0 Å². The second-order valence-corrected chi connectivity index (χ2v) is 6.12. The first-order valence-electron chi connectivity index (χ1n) is 5.83. The van der Waals surface area contributed by atoms with Gasteiger partial charge in [-0.25, -0.2) is 0 Å². The van der Waals surface area contributed by atoms with Gasteiger partial charge in [0.15, 0.2) is 0 Å². The topological polar surface area (TPSA) is 0 Å². The summed E-state index contributed by atoms with van der Waals surface area (Å²) in [5, 5.41) is 0. The Bertz CT molecular complexity index is 459. The van der Waals surface area contributed by atoms with Crippen molar-refractivity contribution in [2.45, 2.75) is 42.5 Å². The molecule has 1 aliphatic rings. The minimum Gasteiger partial charge on any atom is -0.160 e. The summed E-state index contributed by atoms with van der Waals surface area (Å²) in [5.41, 5.74) is -1.79. The molecule has 98 valence electrons. The highest BCUT2D eigenvalue weighted by atomic mass is 32.2. The van der Waals surface area contributed by atoms with Crippen LogP contribution in [0.2, 0.25) is 0 Å². The van der Waals surface area contributed by atoms with Crippen molar-refractivity contribution >= 4 is 11.8 Å². The van der Waals surface area contributed by atoms with E-state index >= 15 is 0 Å². The number of halogens is 3. The summed E-state index contributed by atoms with van der Waals surface area (Å²) in [7, 11) is 0. The molecular weight excluding hydrogens is 257 g/mol. The quantitative estimate of drug-likeness (QED) is 0.520. The fourth-order valence-corrected chi connectivity index (χ4v) is 2.95. The van der Waals surface area contributed by atoms with Gasteiger partial charge >= 0.3 is 5.51 Å². The lowest BCUT2D eigenvalue weighted by molar-refractivity contribution is -0.0328. The van der Waals surface area contributed by atoms with Crippen molar-refractivity contribution < 1.29 is 13.2 Å². The van der Waals surface area contributed by atoms with E-state index in [0.717, 1.165) is 18.4 Å². The van der Waals surface area contributed by atoms with Gasteiger partial charge in [-0.05, 0) is 49.2 Å². The molecule has 0 saturated carbocycles. The predicted octanol–water partition coefficient (Wildman–Crippen LogP) is 5.30. The first-order valence-corrected chi connectivity index (χ1v) is 6.65. The van der Waals surface area contributed by atoms with Gasteiger partial charge in [-0.1, -0.05) is 30.7 Å². The molecule has 0 bridgehead atoms. The van der Waals surface area contributed by atoms with Crippen LogP contribution in [0.1, 0.15) is 32.3 Å². The van der Waals surface area contributed by atoms with E-state index in [9.17, 15) is 13.2 Å². The summed E-state index contributed by atoms with van der Waals surface area (Å²) in [6, 6.07) is 6.73. The van der Waals surface area contributed by atoms with Gasteiger partial charge in [-0.2, -0.15) is 13.2 Å². The molecule has 1 aromatic rings. The zero-order chi connectivity index (χ0) is 13.4. The molecule has 0 aliphatic heterocycles. The second kappa shape index (κ2) is 4.65. The van der Waals surface area contributed by atoms with E-state index in [1.807, 2.05) is 12.1 Å². The molecule has 0 N–H and O–H groups in total. The van der Waals surface area contributed by atoms with E-state index in [0.29, 0.717) is 0 Å². The third kappa shape index (κ3) is 3.10. The molecule has 0 radical (unpaired) electrons. The molecule has 1 aromatic carbocycles. The number of hydrogen-bond donors (Lipinski definition) is 0. The van der Waals surface area contributed by atoms with E-state index < -0.39 is 5.51 Å². The lowest BCUT2D eigenvalue weighted by atomic mass is 9.82. The lowest BCUT2D eigenvalue weighted by Gasteiger charge is -2.22. The van der Waals surface area contributed by atoms with Crippen molar-refractivity contribution in [1.82, 2.24) is 0 Å². The number of rotatable bonds is 2. The van der Waals surface area contributed by atoms with Crippen molar-refractivity contribution in [2.75, 3.05) is 0 Å². The van der Waals surface area contributed by atoms with Crippen molar-refractivity contribution in [2.24, 2.45) is 0 Å². The molecule has 0 unspecified atom stereocenters. The molecule has 2 rings (SSSR count). The SMILES string of the molecule is CC1=C[C@](C)(c2ccc(SC(F)(F)F)cc2)CC1. The van der Waals surface area contributed by atoms with Crippen LogP contribution in [0.5, 0.6) is 0 Å². The van der Waals surface area contributed by atoms with Crippen molar-refractivity contribution in [3.05, 3.63) is 41.5 Å². The third-order valence-electron chi connectivity index (χ3n) is 3.35. The highest BCUT2D eigenvalue weighted by molar-refractivity contribution is 8.00. The Morgan fingerprint density at radius 1 is 1.17 bits per heavy atom. The van der Waals surface area contributed by atoms with Crippen molar-refractivity contribution in [3.8, 4) is 0 Å². The zero-order valence-electron chi connectivity index (χ0n) is 10.3. The molecule has 18 heavy (non-hydrogen) atoms. The molecule has 0 aromatic heterocycles. The average Bonchev–Trinajstić information content (AvgIpc) is 2.58. The summed E-state index contributed by atoms with van der Waals surface area (Å²) >= 11 is -0.0640. The monoisotopic (exact) mass is 272 g/mol. The minimum absolute atomic E-state index is 0.0223. The smallest absolute Gasteiger partial charge is 0.160 e. The minimum atomic E-state index is -4.21. The highest BCUT2D eigenvalue weighted by Crippen LogP contribution is 2.41. The van der Waals surface area contributed by atoms with Crippen LogP contribution in [-0.4, -0.2) is 5.51 Å². The van der Waals surface area contributed by atoms with Gasteiger partial charge in [0.2, 0.25) is 0 Å². The van der Waals surface area contributed by atoms with Crippen LogP contribution in [0, 0.1) is 0 Å². The summed E-state index contributed by atoms with van der Waals surface area (Å²) in [4.78, 5) is 0.244. The molecule has 0 fully saturated rings. The Kier molecular flexibility index (Phi) is 3.49. The van der Waals surface area contributed by atoms with Gasteiger partial charge in [0.05, 0.1) is 0 Å². The number of thioether (sulfide) groups is 1. The zero-order valence-corrected chi connectivity index (χ0v) is 11.2. The Morgan fingerprint density at radius 2 is 1.78 bits per heavy atom. The van der Waals surface area contributed by atoms with E-state index in [2.05, 4.69) is 19.9 Å². The van der Waals surface area contributed by atoms with Crippen LogP contribution in [0.25, 0.3) is 0 Å². The Balaban J connectivity index is 2.18. The number of benzene rings is 1. The summed E-state index contributed by atoms with van der Waals surface area (Å²) in [6.07, 6.45) is 4.32. The van der Waals surface area contributed by atoms with Gasteiger partial charge < -0.3 is 0 Å². The lowest BCUT2D eigenvalue weighted by Crippen LogP contribution is -2.15. The number of alkyl halides is 3. The standard InChI is InChI=1S/C14H15F3S/c1-10-7-8-13(2,9-10)11-3-5-12(6-4-11)18-14(15,16)17/h3-6,9H,7-8H2,1-2H3/t13-/m1/s1. The molecule has 0 spiro atoms. The van der Waals surface area contributed by atoms with Crippen LogP contribution < -0.4 is 0 Å². The second-order valence-electron chi connectivity index (χ2n) is 4.98. The molecule has 0 amide bonds. The molecule has 0 saturated heterocycles. The Morgan fingerprint density at radius 3 is 2.22 bits per heavy atom. The van der Waals surface area contributed by atoms with Gasteiger partial charge in [-0.3, -0.25) is 0 Å². The maximum atomic E-state index is 12.2. The summed E-state index contributed by atoms with van der Waals surface area (Å²) in [5.74, 6) is 0. The van der Waals surface area contributed by atoms with E-state index in [1.165, 1.54) is 5.57 Å². The fourth-order valence-electron chi connectivity index (χ4n) is 2.41. The predicted molar refractivity (Wildman–Crippen MR) is 68.7 cm³/mol. The molecule has 0 nitrogen and oxygen atoms in total. The molecule has 1 atom stereocenters. The largest absolute Gasteiger partial charge is 0.446 e. The maximum Gasteiger partial charge on any atom is 0.446 e. The highest BCUT2D eigenvalue weighted by Gasteiger charge is 2.31.